The third-order valence-electron chi connectivity index (χ3n) is 3.15. The summed E-state index contributed by atoms with van der Waals surface area (Å²) >= 11 is 3.20. The number of likely N-dealkylation sites (N-methyl/N-ethyl adjacent to an activating group) is 1. The van der Waals surface area contributed by atoms with Crippen LogP contribution in [-0.2, 0) is 0 Å². The number of amides is 1. The molecular weight excluding hydrogens is 324 g/mol. The Labute approximate surface area is 128 Å². The van der Waals surface area contributed by atoms with Gasteiger partial charge in [-0.05, 0) is 41.2 Å². The molecule has 1 amide bonds. The van der Waals surface area contributed by atoms with Gasteiger partial charge in [0.05, 0.1) is 11.6 Å². The van der Waals surface area contributed by atoms with Crippen LogP contribution in [0.1, 0.15) is 24.2 Å². The summed E-state index contributed by atoms with van der Waals surface area (Å²) in [6.45, 7) is 7.34. The molecule has 1 aromatic rings. The van der Waals surface area contributed by atoms with Gasteiger partial charge in [0.25, 0.3) is 5.91 Å². The molecule has 0 spiro atoms. The zero-order valence-electron chi connectivity index (χ0n) is 12.1. The Bertz CT molecular complexity index is 462. The average molecular weight is 345 g/mol. The van der Waals surface area contributed by atoms with E-state index in [1.807, 2.05) is 0 Å². The van der Waals surface area contributed by atoms with E-state index in [-0.39, 0.29) is 17.2 Å². The van der Waals surface area contributed by atoms with Gasteiger partial charge in [-0.2, -0.15) is 0 Å². The largest absolute Gasteiger partial charge is 0.506 e. The molecule has 0 saturated carbocycles. The number of phenolic OH excluding ortho intramolecular Hbond substituents is 1. The molecule has 0 aliphatic heterocycles. The van der Waals surface area contributed by atoms with E-state index in [0.29, 0.717) is 16.8 Å². The van der Waals surface area contributed by atoms with E-state index in [2.05, 4.69) is 40.0 Å². The summed E-state index contributed by atoms with van der Waals surface area (Å²) in [5.74, 6) is -0.0939. The maximum Gasteiger partial charge on any atom is 0.258 e. The second-order valence-electron chi connectivity index (χ2n) is 4.26. The maximum absolute atomic E-state index is 12.2. The first-order chi connectivity index (χ1) is 9.54. The average Bonchev–Trinajstić information content (AvgIpc) is 2.46. The number of hydrogen-bond donors (Lipinski definition) is 2. The van der Waals surface area contributed by atoms with Crippen LogP contribution >= 0.6 is 15.9 Å². The first-order valence-corrected chi connectivity index (χ1v) is 7.40. The van der Waals surface area contributed by atoms with Gasteiger partial charge in [0.1, 0.15) is 17.1 Å². The molecule has 0 bridgehead atoms. The second kappa shape index (κ2) is 8.11. The number of nitrogens with one attached hydrogen (secondary N) is 1. The standard InChI is InChI=1S/C14H21BrN2O3/c1-4-17(5-2)9-8-16-14(19)12-11(20-3)7-6-10(15)13(12)18/h6-7,18H,4-5,8-9H2,1-3H3,(H,16,19). The molecule has 20 heavy (non-hydrogen) atoms. The Morgan fingerprint density at radius 1 is 1.40 bits per heavy atom. The third-order valence-corrected chi connectivity index (χ3v) is 3.79. The van der Waals surface area contributed by atoms with Crippen molar-refractivity contribution in [1.82, 2.24) is 10.2 Å². The molecule has 1 aromatic carbocycles. The molecule has 1 rings (SSSR count). The SMILES string of the molecule is CCN(CC)CCNC(=O)c1c(OC)ccc(Br)c1O. The third kappa shape index (κ3) is 4.11. The van der Waals surface area contributed by atoms with Crippen LogP contribution in [0.5, 0.6) is 11.5 Å². The Morgan fingerprint density at radius 3 is 2.60 bits per heavy atom. The number of carbonyl (C=O) groups excluding carboxylic acids is 1. The fourth-order valence-corrected chi connectivity index (χ4v) is 2.22. The van der Waals surface area contributed by atoms with E-state index in [1.165, 1.54) is 7.11 Å². The van der Waals surface area contributed by atoms with Gasteiger partial charge >= 0.3 is 0 Å². The van der Waals surface area contributed by atoms with Crippen molar-refractivity contribution in [3.05, 3.63) is 22.2 Å². The first kappa shape index (κ1) is 16.8. The molecule has 6 heteroatoms. The summed E-state index contributed by atoms with van der Waals surface area (Å²) in [6.07, 6.45) is 0. The van der Waals surface area contributed by atoms with Crippen LogP contribution in [0.2, 0.25) is 0 Å². The van der Waals surface area contributed by atoms with Gasteiger partial charge in [-0.15, -0.1) is 0 Å². The molecule has 0 unspecified atom stereocenters. The normalized spacial score (nSPS) is 10.7. The summed E-state index contributed by atoms with van der Waals surface area (Å²) in [5.41, 5.74) is 0.154. The summed E-state index contributed by atoms with van der Waals surface area (Å²) in [6, 6.07) is 3.28. The summed E-state index contributed by atoms with van der Waals surface area (Å²) in [5, 5.41) is 12.8. The molecule has 0 aromatic heterocycles. The molecule has 0 radical (unpaired) electrons. The van der Waals surface area contributed by atoms with Crippen molar-refractivity contribution >= 4 is 21.8 Å². The lowest BCUT2D eigenvalue weighted by Crippen LogP contribution is -2.35. The van der Waals surface area contributed by atoms with E-state index in [0.717, 1.165) is 19.6 Å². The van der Waals surface area contributed by atoms with Gasteiger partial charge in [-0.3, -0.25) is 4.79 Å². The number of halogens is 1. The second-order valence-corrected chi connectivity index (χ2v) is 5.11. The highest BCUT2D eigenvalue weighted by atomic mass is 79.9. The zero-order chi connectivity index (χ0) is 15.1. The van der Waals surface area contributed by atoms with Crippen molar-refractivity contribution in [1.29, 1.82) is 0 Å². The molecule has 0 saturated heterocycles. The van der Waals surface area contributed by atoms with Crippen LogP contribution < -0.4 is 10.1 Å². The molecule has 5 nitrogen and oxygen atoms in total. The summed E-state index contributed by atoms with van der Waals surface area (Å²) < 4.78 is 5.58. The first-order valence-electron chi connectivity index (χ1n) is 6.61. The smallest absolute Gasteiger partial charge is 0.258 e. The van der Waals surface area contributed by atoms with Crippen LogP contribution in [0.3, 0.4) is 0 Å². The zero-order valence-corrected chi connectivity index (χ0v) is 13.7. The van der Waals surface area contributed by atoms with Crippen molar-refractivity contribution in [3.63, 3.8) is 0 Å². The fourth-order valence-electron chi connectivity index (χ4n) is 1.89. The Balaban J connectivity index is 2.75. The number of carbonyl (C=O) groups is 1. The Morgan fingerprint density at radius 2 is 2.05 bits per heavy atom. The quantitative estimate of drug-likeness (QED) is 0.796. The van der Waals surface area contributed by atoms with Crippen molar-refractivity contribution in [2.45, 2.75) is 13.8 Å². The molecule has 112 valence electrons. The summed E-state index contributed by atoms with van der Waals surface area (Å²) in [7, 11) is 1.47. The lowest BCUT2D eigenvalue weighted by atomic mass is 10.1. The lowest BCUT2D eigenvalue weighted by Gasteiger charge is -2.18. The topological polar surface area (TPSA) is 61.8 Å². The number of methoxy groups -OCH3 is 1. The Hall–Kier alpha value is -1.27. The van der Waals surface area contributed by atoms with Gasteiger partial charge in [0, 0.05) is 13.1 Å². The van der Waals surface area contributed by atoms with E-state index < -0.39 is 0 Å². The summed E-state index contributed by atoms with van der Waals surface area (Å²) in [4.78, 5) is 14.4. The van der Waals surface area contributed by atoms with E-state index >= 15 is 0 Å². The van der Waals surface area contributed by atoms with Gasteiger partial charge in [-0.25, -0.2) is 0 Å². The fraction of sp³-hybridized carbons (Fsp3) is 0.500. The minimum Gasteiger partial charge on any atom is -0.506 e. The molecule has 0 aliphatic carbocycles. The number of phenols is 1. The number of hydrogen-bond acceptors (Lipinski definition) is 4. The minimum atomic E-state index is -0.340. The number of nitrogens with zero attached hydrogens (tertiary/aromatic N) is 1. The van der Waals surface area contributed by atoms with Crippen LogP contribution in [0, 0.1) is 0 Å². The number of aromatic hydroxyl groups is 1. The van der Waals surface area contributed by atoms with Crippen LogP contribution in [0.15, 0.2) is 16.6 Å². The molecule has 2 N–H and O–H groups in total. The monoisotopic (exact) mass is 344 g/mol. The molecule has 0 aliphatic rings. The van der Waals surface area contributed by atoms with Crippen LogP contribution in [0.25, 0.3) is 0 Å². The number of ether oxygens (including phenoxy) is 1. The highest BCUT2D eigenvalue weighted by Gasteiger charge is 2.19. The number of rotatable bonds is 7. The van der Waals surface area contributed by atoms with Gasteiger partial charge in [0.15, 0.2) is 0 Å². The van der Waals surface area contributed by atoms with Gasteiger partial charge in [-0.1, -0.05) is 13.8 Å². The van der Waals surface area contributed by atoms with E-state index in [9.17, 15) is 9.90 Å². The number of benzene rings is 1. The van der Waals surface area contributed by atoms with E-state index in [4.69, 9.17) is 4.74 Å². The highest BCUT2D eigenvalue weighted by Crippen LogP contribution is 2.34. The molecular formula is C14H21BrN2O3. The molecule has 0 fully saturated rings. The maximum atomic E-state index is 12.2. The van der Waals surface area contributed by atoms with Crippen LogP contribution in [0.4, 0.5) is 0 Å². The van der Waals surface area contributed by atoms with Crippen molar-refractivity contribution in [2.75, 3.05) is 33.3 Å². The lowest BCUT2D eigenvalue weighted by molar-refractivity contribution is 0.0943. The minimum absolute atomic E-state index is 0.107. The highest BCUT2D eigenvalue weighted by molar-refractivity contribution is 9.10. The van der Waals surface area contributed by atoms with Crippen molar-refractivity contribution in [2.24, 2.45) is 0 Å². The van der Waals surface area contributed by atoms with Crippen molar-refractivity contribution in [3.8, 4) is 11.5 Å². The van der Waals surface area contributed by atoms with E-state index in [1.54, 1.807) is 12.1 Å². The predicted molar refractivity (Wildman–Crippen MR) is 82.5 cm³/mol. The van der Waals surface area contributed by atoms with Crippen molar-refractivity contribution < 1.29 is 14.6 Å². The van der Waals surface area contributed by atoms with Gasteiger partial charge in [0.2, 0.25) is 0 Å². The van der Waals surface area contributed by atoms with Gasteiger partial charge < -0.3 is 20.1 Å². The predicted octanol–water partition coefficient (Wildman–Crippen LogP) is 2.23. The molecule has 0 atom stereocenters. The molecule has 0 heterocycles. The van der Waals surface area contributed by atoms with Crippen LogP contribution in [-0.4, -0.2) is 49.2 Å². The Kier molecular flexibility index (Phi) is 6.81.